The van der Waals surface area contributed by atoms with Crippen molar-refractivity contribution in [1.29, 1.82) is 0 Å². The lowest BCUT2D eigenvalue weighted by Crippen LogP contribution is -2.31. The predicted octanol–water partition coefficient (Wildman–Crippen LogP) is 8.75. The second-order valence-corrected chi connectivity index (χ2v) is 11.8. The molecule has 0 fully saturated rings. The molecular weight excluding hydrogens is 491 g/mol. The zero-order valence-electron chi connectivity index (χ0n) is 20.6. The van der Waals surface area contributed by atoms with Gasteiger partial charge in [0.1, 0.15) is 11.5 Å². The van der Waals surface area contributed by atoms with Crippen molar-refractivity contribution in [3.8, 4) is 5.75 Å². The molecule has 38 heavy (non-hydrogen) atoms. The molecule has 0 heterocycles. The van der Waals surface area contributed by atoms with Crippen LogP contribution < -0.4 is 4.52 Å². The van der Waals surface area contributed by atoms with E-state index in [9.17, 15) is 9.46 Å². The van der Waals surface area contributed by atoms with Crippen LogP contribution in [0.3, 0.4) is 0 Å². The minimum absolute atomic E-state index is 0.00163. The SMILES string of the molecule is CC12C=CC(OP(=O)(O)Oc3ccc4ccc5cccc6ccc3c4c56)=C3C=Cc4cccc(c4C31)C=C2. The Hall–Kier alpha value is -4.11. The molecule has 0 aliphatic heterocycles. The van der Waals surface area contributed by atoms with Crippen LogP contribution in [0.1, 0.15) is 29.5 Å². The van der Waals surface area contributed by atoms with E-state index in [4.69, 9.17) is 9.05 Å². The molecule has 3 aliphatic rings. The normalized spacial score (nSPS) is 22.7. The number of rotatable bonds is 4. The molecule has 0 saturated carbocycles. The summed E-state index contributed by atoms with van der Waals surface area (Å²) in [6, 6.07) is 24.3. The average molecular weight is 515 g/mol. The van der Waals surface area contributed by atoms with Crippen LogP contribution in [0.2, 0.25) is 0 Å². The number of phosphoric acid groups is 1. The number of phosphoric ester groups is 1. The van der Waals surface area contributed by atoms with E-state index in [-0.39, 0.29) is 11.3 Å². The molecular formula is C33H23O4P. The van der Waals surface area contributed by atoms with E-state index >= 15 is 0 Å². The van der Waals surface area contributed by atoms with Crippen molar-refractivity contribution in [3.63, 3.8) is 0 Å². The van der Waals surface area contributed by atoms with Crippen molar-refractivity contribution < 1.29 is 18.5 Å². The maximum absolute atomic E-state index is 13.5. The van der Waals surface area contributed by atoms with E-state index in [2.05, 4.69) is 73.7 Å². The highest BCUT2D eigenvalue weighted by Crippen LogP contribution is 2.57. The van der Waals surface area contributed by atoms with Gasteiger partial charge in [-0.2, -0.15) is 0 Å². The molecule has 5 aromatic rings. The first-order valence-electron chi connectivity index (χ1n) is 12.7. The molecule has 3 unspecified atom stereocenters. The van der Waals surface area contributed by atoms with E-state index in [0.717, 1.165) is 37.9 Å². The quantitative estimate of drug-likeness (QED) is 0.192. The first-order chi connectivity index (χ1) is 18.4. The molecule has 184 valence electrons. The number of benzene rings is 5. The van der Waals surface area contributed by atoms with Gasteiger partial charge in [-0.15, -0.1) is 0 Å². The summed E-state index contributed by atoms with van der Waals surface area (Å²) in [5.41, 5.74) is 4.19. The number of hydrogen-bond donors (Lipinski definition) is 1. The van der Waals surface area contributed by atoms with Crippen LogP contribution in [0.4, 0.5) is 0 Å². The summed E-state index contributed by atoms with van der Waals surface area (Å²) >= 11 is 0. The Morgan fingerprint density at radius 1 is 0.737 bits per heavy atom. The molecule has 0 amide bonds. The van der Waals surface area contributed by atoms with Gasteiger partial charge in [0.2, 0.25) is 0 Å². The molecule has 0 radical (unpaired) electrons. The summed E-state index contributed by atoms with van der Waals surface area (Å²) in [5.74, 6) is 0.686. The van der Waals surface area contributed by atoms with Gasteiger partial charge in [0.25, 0.3) is 0 Å². The van der Waals surface area contributed by atoms with Crippen LogP contribution in [0.15, 0.2) is 108 Å². The number of allylic oxidation sites excluding steroid dienone is 5. The molecule has 3 atom stereocenters. The Kier molecular flexibility index (Phi) is 4.31. The Bertz CT molecular complexity index is 1980. The molecule has 4 nitrogen and oxygen atoms in total. The maximum atomic E-state index is 13.5. The summed E-state index contributed by atoms with van der Waals surface area (Å²) in [7, 11) is -4.52. The average Bonchev–Trinajstić information content (AvgIpc) is 2.92. The lowest BCUT2D eigenvalue weighted by atomic mass is 9.61. The summed E-state index contributed by atoms with van der Waals surface area (Å²) in [6.07, 6.45) is 12.3. The molecule has 5 heteroatoms. The second-order valence-electron chi connectivity index (χ2n) is 10.5. The van der Waals surface area contributed by atoms with E-state index < -0.39 is 7.82 Å². The third-order valence-corrected chi connectivity index (χ3v) is 9.11. The zero-order chi connectivity index (χ0) is 25.6. The highest BCUT2D eigenvalue weighted by Gasteiger charge is 2.43. The van der Waals surface area contributed by atoms with Gasteiger partial charge < -0.3 is 9.05 Å². The first kappa shape index (κ1) is 21.9. The van der Waals surface area contributed by atoms with Crippen LogP contribution >= 0.6 is 7.82 Å². The van der Waals surface area contributed by atoms with Crippen molar-refractivity contribution in [2.24, 2.45) is 5.41 Å². The zero-order valence-corrected chi connectivity index (χ0v) is 21.5. The van der Waals surface area contributed by atoms with Crippen LogP contribution in [-0.2, 0) is 9.09 Å². The van der Waals surface area contributed by atoms with E-state index in [1.165, 1.54) is 16.7 Å². The smallest absolute Gasteiger partial charge is 0.395 e. The van der Waals surface area contributed by atoms with Gasteiger partial charge in [-0.3, -0.25) is 4.89 Å². The summed E-state index contributed by atoms with van der Waals surface area (Å²) in [4.78, 5) is 11.0. The maximum Gasteiger partial charge on any atom is 0.584 e. The molecule has 1 N–H and O–H groups in total. The van der Waals surface area contributed by atoms with E-state index in [1.807, 2.05) is 30.3 Å². The van der Waals surface area contributed by atoms with Gasteiger partial charge in [0.05, 0.1) is 0 Å². The van der Waals surface area contributed by atoms with Crippen molar-refractivity contribution in [2.45, 2.75) is 12.8 Å². The Morgan fingerprint density at radius 3 is 2.21 bits per heavy atom. The topological polar surface area (TPSA) is 55.8 Å². The molecule has 0 saturated heterocycles. The predicted molar refractivity (Wildman–Crippen MR) is 153 cm³/mol. The summed E-state index contributed by atoms with van der Waals surface area (Å²) in [5, 5.41) is 6.21. The summed E-state index contributed by atoms with van der Waals surface area (Å²) in [6.45, 7) is 2.18. The molecule has 8 rings (SSSR count). The minimum atomic E-state index is -4.52. The van der Waals surface area contributed by atoms with Crippen LogP contribution in [0.25, 0.3) is 44.5 Å². The minimum Gasteiger partial charge on any atom is -0.395 e. The van der Waals surface area contributed by atoms with Crippen molar-refractivity contribution in [3.05, 3.63) is 125 Å². The van der Waals surface area contributed by atoms with Gasteiger partial charge in [-0.1, -0.05) is 98.0 Å². The van der Waals surface area contributed by atoms with Crippen LogP contribution in [0.5, 0.6) is 5.75 Å². The Balaban J connectivity index is 1.20. The van der Waals surface area contributed by atoms with Crippen LogP contribution in [-0.4, -0.2) is 4.89 Å². The van der Waals surface area contributed by atoms with Gasteiger partial charge >= 0.3 is 7.82 Å². The lowest BCUT2D eigenvalue weighted by molar-refractivity contribution is 0.250. The summed E-state index contributed by atoms with van der Waals surface area (Å²) < 4.78 is 25.1. The monoisotopic (exact) mass is 514 g/mol. The third-order valence-electron chi connectivity index (χ3n) is 8.25. The van der Waals surface area contributed by atoms with Crippen molar-refractivity contribution >= 4 is 52.3 Å². The van der Waals surface area contributed by atoms with Crippen molar-refractivity contribution in [1.82, 2.24) is 0 Å². The Labute approximate surface area is 219 Å². The molecule has 0 spiro atoms. The fourth-order valence-corrected chi connectivity index (χ4v) is 7.39. The van der Waals surface area contributed by atoms with Gasteiger partial charge in [-0.05, 0) is 56.4 Å². The standard InChI is InChI=1S/C33H23O4P/c1-33-18-16-23-7-3-6-22-11-14-26(32(33)30(22)23)28(17-19-33)37-38(34,35)36-27-15-12-24-9-8-20-4-2-5-21-10-13-25(27)31(24)29(20)21/h2-19,32H,1H3,(H,34,35). The fraction of sp³-hybridized carbons (Fsp3) is 0.0909. The molecule has 3 aliphatic carbocycles. The largest absolute Gasteiger partial charge is 0.584 e. The Morgan fingerprint density at radius 2 is 1.39 bits per heavy atom. The first-order valence-corrected chi connectivity index (χ1v) is 14.2. The fourth-order valence-electron chi connectivity index (χ4n) is 6.53. The molecule has 5 aromatic carbocycles. The third kappa shape index (κ3) is 3.05. The lowest BCUT2D eigenvalue weighted by Gasteiger charge is -2.43. The second kappa shape index (κ2) is 7.48. The number of hydrogen-bond acceptors (Lipinski definition) is 3. The molecule has 0 aromatic heterocycles. The van der Waals surface area contributed by atoms with Gasteiger partial charge in [0.15, 0.2) is 0 Å². The highest BCUT2D eigenvalue weighted by atomic mass is 31.2. The van der Waals surface area contributed by atoms with Crippen LogP contribution in [0, 0.1) is 5.41 Å². The van der Waals surface area contributed by atoms with E-state index in [0.29, 0.717) is 11.5 Å². The van der Waals surface area contributed by atoms with E-state index in [1.54, 1.807) is 12.1 Å². The highest BCUT2D eigenvalue weighted by molar-refractivity contribution is 7.48. The van der Waals surface area contributed by atoms with Gasteiger partial charge in [-0.25, -0.2) is 4.57 Å². The van der Waals surface area contributed by atoms with Gasteiger partial charge in [0, 0.05) is 27.7 Å². The molecule has 0 bridgehead atoms. The van der Waals surface area contributed by atoms with Crippen molar-refractivity contribution in [2.75, 3.05) is 0 Å².